The minimum absolute atomic E-state index is 0.0465. The fourth-order valence-corrected chi connectivity index (χ4v) is 2.59. The lowest BCUT2D eigenvalue weighted by molar-refractivity contribution is -0.131. The van der Waals surface area contributed by atoms with Crippen LogP contribution in [-0.2, 0) is 4.79 Å². The summed E-state index contributed by atoms with van der Waals surface area (Å²) >= 11 is 0. The molecule has 78 valence electrons. The fraction of sp³-hybridized carbons (Fsp3) is 0.462. The van der Waals surface area contributed by atoms with Gasteiger partial charge in [0.1, 0.15) is 0 Å². The first kappa shape index (κ1) is 8.96. The Morgan fingerprint density at radius 2 is 1.87 bits per heavy atom. The number of anilines is 1. The van der Waals surface area contributed by atoms with E-state index in [1.807, 2.05) is 17.0 Å². The number of β-lactam (4-membered cyclic amide) rings is 1. The van der Waals surface area contributed by atoms with E-state index in [1.165, 1.54) is 5.56 Å². The second-order valence-electron chi connectivity index (χ2n) is 4.84. The molecular formula is C13H15NO. The zero-order valence-electron chi connectivity index (χ0n) is 9.16. The van der Waals surface area contributed by atoms with Crippen LogP contribution >= 0.6 is 0 Å². The molecule has 2 aliphatic rings. The highest BCUT2D eigenvalue weighted by molar-refractivity contribution is 6.07. The highest BCUT2D eigenvalue weighted by Crippen LogP contribution is 2.59. The molecule has 2 nitrogen and oxygen atoms in total. The van der Waals surface area contributed by atoms with Gasteiger partial charge in [0.2, 0.25) is 5.91 Å². The number of benzene rings is 1. The Kier molecular flexibility index (Phi) is 1.57. The average Bonchev–Trinajstić information content (AvgIpc) is 3.03. The van der Waals surface area contributed by atoms with Crippen LogP contribution in [0.5, 0.6) is 0 Å². The Morgan fingerprint density at radius 3 is 2.33 bits per heavy atom. The Balaban J connectivity index is 1.90. The minimum Gasteiger partial charge on any atom is -0.308 e. The van der Waals surface area contributed by atoms with E-state index in [9.17, 15) is 4.79 Å². The third-order valence-electron chi connectivity index (χ3n) is 3.93. The molecule has 0 aromatic heterocycles. The fourth-order valence-electron chi connectivity index (χ4n) is 2.59. The molecule has 1 saturated carbocycles. The zero-order valence-corrected chi connectivity index (χ0v) is 9.16. The molecule has 1 aromatic carbocycles. The van der Waals surface area contributed by atoms with Crippen LogP contribution in [0.4, 0.5) is 5.69 Å². The summed E-state index contributed by atoms with van der Waals surface area (Å²) in [4.78, 5) is 13.9. The van der Waals surface area contributed by atoms with Gasteiger partial charge in [-0.05, 0) is 38.8 Å². The van der Waals surface area contributed by atoms with Crippen molar-refractivity contribution in [1.82, 2.24) is 0 Å². The summed E-state index contributed by atoms with van der Waals surface area (Å²) in [5.74, 6) is 0.332. The van der Waals surface area contributed by atoms with E-state index in [1.54, 1.807) is 0 Å². The van der Waals surface area contributed by atoms with Gasteiger partial charge < -0.3 is 4.90 Å². The first-order chi connectivity index (χ1) is 7.15. The molecule has 15 heavy (non-hydrogen) atoms. The SMILES string of the molecule is Cc1ccc(N2C(=O)C3(CC3)C2C)cc1. The highest BCUT2D eigenvalue weighted by atomic mass is 16.2. The van der Waals surface area contributed by atoms with Gasteiger partial charge in [0.05, 0.1) is 5.41 Å². The number of aryl methyl sites for hydroxylation is 1. The molecule has 1 spiro atoms. The normalized spacial score (nSPS) is 26.7. The minimum atomic E-state index is 0.0465. The average molecular weight is 201 g/mol. The molecule has 3 rings (SSSR count). The molecule has 1 atom stereocenters. The lowest BCUT2D eigenvalue weighted by atomic mass is 9.84. The number of carbonyl (C=O) groups excluding carboxylic acids is 1. The Labute approximate surface area is 89.9 Å². The number of rotatable bonds is 1. The molecule has 2 heteroatoms. The molecule has 0 radical (unpaired) electrons. The maximum Gasteiger partial charge on any atom is 0.235 e. The molecule has 1 heterocycles. The molecule has 2 fully saturated rings. The van der Waals surface area contributed by atoms with E-state index in [0.29, 0.717) is 11.9 Å². The van der Waals surface area contributed by atoms with Crippen molar-refractivity contribution in [2.75, 3.05) is 4.90 Å². The van der Waals surface area contributed by atoms with E-state index >= 15 is 0 Å². The second-order valence-corrected chi connectivity index (χ2v) is 4.84. The monoisotopic (exact) mass is 201 g/mol. The lowest BCUT2D eigenvalue weighted by Crippen LogP contribution is -2.61. The molecule has 0 N–H and O–H groups in total. The summed E-state index contributed by atoms with van der Waals surface area (Å²) < 4.78 is 0. The predicted octanol–water partition coefficient (Wildman–Crippen LogP) is 2.51. The summed E-state index contributed by atoms with van der Waals surface area (Å²) in [5, 5.41) is 0. The van der Waals surface area contributed by atoms with Crippen molar-refractivity contribution < 1.29 is 4.79 Å². The van der Waals surface area contributed by atoms with Crippen molar-refractivity contribution in [3.8, 4) is 0 Å². The quantitative estimate of drug-likeness (QED) is 0.639. The van der Waals surface area contributed by atoms with Gasteiger partial charge in [-0.15, -0.1) is 0 Å². The van der Waals surface area contributed by atoms with Gasteiger partial charge in [-0.25, -0.2) is 0 Å². The van der Waals surface area contributed by atoms with Crippen molar-refractivity contribution in [2.24, 2.45) is 5.41 Å². The molecule has 1 aliphatic carbocycles. The number of nitrogens with zero attached hydrogens (tertiary/aromatic N) is 1. The summed E-state index contributed by atoms with van der Waals surface area (Å²) in [6, 6.07) is 8.60. The van der Waals surface area contributed by atoms with Crippen LogP contribution in [-0.4, -0.2) is 11.9 Å². The largest absolute Gasteiger partial charge is 0.308 e. The topological polar surface area (TPSA) is 20.3 Å². The van der Waals surface area contributed by atoms with Crippen LogP contribution in [0.1, 0.15) is 25.3 Å². The standard InChI is InChI=1S/C13H15NO/c1-9-3-5-11(6-4-9)14-10(2)13(7-8-13)12(14)15/h3-6,10H,7-8H2,1-2H3. The van der Waals surface area contributed by atoms with Gasteiger partial charge in [0, 0.05) is 11.7 Å². The summed E-state index contributed by atoms with van der Waals surface area (Å²) in [5.41, 5.74) is 2.33. The van der Waals surface area contributed by atoms with Gasteiger partial charge in [-0.2, -0.15) is 0 Å². The van der Waals surface area contributed by atoms with Gasteiger partial charge in [0.25, 0.3) is 0 Å². The predicted molar refractivity (Wildman–Crippen MR) is 59.8 cm³/mol. The molecule has 1 aromatic rings. The Hall–Kier alpha value is -1.31. The summed E-state index contributed by atoms with van der Waals surface area (Å²) in [6.45, 7) is 4.22. The maximum atomic E-state index is 12.0. The second kappa shape index (κ2) is 2.63. The smallest absolute Gasteiger partial charge is 0.235 e. The van der Waals surface area contributed by atoms with E-state index in [2.05, 4.69) is 26.0 Å². The highest BCUT2D eigenvalue weighted by Gasteiger charge is 2.66. The van der Waals surface area contributed by atoms with Crippen LogP contribution < -0.4 is 4.90 Å². The van der Waals surface area contributed by atoms with Crippen molar-refractivity contribution in [2.45, 2.75) is 32.7 Å². The summed E-state index contributed by atoms with van der Waals surface area (Å²) in [6.07, 6.45) is 2.19. The molecule has 1 saturated heterocycles. The van der Waals surface area contributed by atoms with Gasteiger partial charge in [0.15, 0.2) is 0 Å². The molecule has 1 unspecified atom stereocenters. The van der Waals surface area contributed by atoms with Crippen molar-refractivity contribution in [3.05, 3.63) is 29.8 Å². The van der Waals surface area contributed by atoms with Gasteiger partial charge in [-0.3, -0.25) is 4.79 Å². The van der Waals surface area contributed by atoms with E-state index in [-0.39, 0.29) is 5.41 Å². The van der Waals surface area contributed by atoms with Crippen molar-refractivity contribution in [1.29, 1.82) is 0 Å². The maximum absolute atomic E-state index is 12.0. The van der Waals surface area contributed by atoms with Gasteiger partial charge >= 0.3 is 0 Å². The number of hydrogen-bond acceptors (Lipinski definition) is 1. The van der Waals surface area contributed by atoms with Crippen LogP contribution in [0.3, 0.4) is 0 Å². The number of hydrogen-bond donors (Lipinski definition) is 0. The van der Waals surface area contributed by atoms with E-state index in [4.69, 9.17) is 0 Å². The van der Waals surface area contributed by atoms with Crippen LogP contribution in [0.25, 0.3) is 0 Å². The number of amides is 1. The molecule has 1 aliphatic heterocycles. The zero-order chi connectivity index (χ0) is 10.6. The van der Waals surface area contributed by atoms with Crippen LogP contribution in [0.15, 0.2) is 24.3 Å². The third-order valence-corrected chi connectivity index (χ3v) is 3.93. The molecular weight excluding hydrogens is 186 g/mol. The van der Waals surface area contributed by atoms with Gasteiger partial charge in [-0.1, -0.05) is 17.7 Å². The first-order valence-corrected chi connectivity index (χ1v) is 5.55. The van der Waals surface area contributed by atoms with Crippen molar-refractivity contribution in [3.63, 3.8) is 0 Å². The van der Waals surface area contributed by atoms with E-state index < -0.39 is 0 Å². The van der Waals surface area contributed by atoms with Crippen molar-refractivity contribution >= 4 is 11.6 Å². The van der Waals surface area contributed by atoms with E-state index in [0.717, 1.165) is 18.5 Å². The summed E-state index contributed by atoms with van der Waals surface area (Å²) in [7, 11) is 0. The number of carbonyl (C=O) groups is 1. The Morgan fingerprint density at radius 1 is 1.27 bits per heavy atom. The van der Waals surface area contributed by atoms with Crippen LogP contribution in [0, 0.1) is 12.3 Å². The first-order valence-electron chi connectivity index (χ1n) is 5.55. The Bertz CT molecular complexity index is 417. The molecule has 0 bridgehead atoms. The van der Waals surface area contributed by atoms with Crippen LogP contribution in [0.2, 0.25) is 0 Å². The molecule has 1 amide bonds. The lowest BCUT2D eigenvalue weighted by Gasteiger charge is -2.46. The third kappa shape index (κ3) is 1.02.